The van der Waals surface area contributed by atoms with E-state index >= 15 is 0 Å². The van der Waals surface area contributed by atoms with Gasteiger partial charge in [0.25, 0.3) is 0 Å². The predicted molar refractivity (Wildman–Crippen MR) is 105 cm³/mol. The number of fused-ring (bicyclic) bond motifs is 1. The third-order valence-electron chi connectivity index (χ3n) is 5.83. The molecule has 3 heterocycles. The zero-order chi connectivity index (χ0) is 19.8. The van der Waals surface area contributed by atoms with Crippen LogP contribution in [0.1, 0.15) is 23.3 Å². The molecule has 0 radical (unpaired) electrons. The first-order chi connectivity index (χ1) is 13.5. The lowest BCUT2D eigenvalue weighted by atomic mass is 9.89. The first-order valence-electron chi connectivity index (χ1n) is 9.68. The largest absolute Gasteiger partial charge is 0.497 e. The zero-order valence-electron chi connectivity index (χ0n) is 16.9. The van der Waals surface area contributed by atoms with Crippen molar-refractivity contribution >= 4 is 6.03 Å². The van der Waals surface area contributed by atoms with Gasteiger partial charge in [-0.25, -0.2) is 9.78 Å². The number of hydrogen-bond donors (Lipinski definition) is 1. The van der Waals surface area contributed by atoms with Crippen LogP contribution >= 0.6 is 0 Å². The van der Waals surface area contributed by atoms with Crippen LogP contribution in [0.2, 0.25) is 0 Å². The highest BCUT2D eigenvalue weighted by molar-refractivity contribution is 5.75. The average molecular weight is 384 g/mol. The maximum Gasteiger partial charge on any atom is 0.320 e. The van der Waals surface area contributed by atoms with Crippen molar-refractivity contribution in [3.8, 4) is 5.75 Å². The third kappa shape index (κ3) is 3.44. The highest BCUT2D eigenvalue weighted by atomic mass is 16.5. The molecule has 8 heteroatoms. The summed E-state index contributed by atoms with van der Waals surface area (Å²) < 4.78 is 5.30. The maximum atomic E-state index is 12.8. The molecule has 28 heavy (non-hydrogen) atoms. The summed E-state index contributed by atoms with van der Waals surface area (Å²) in [6, 6.07) is 8.27. The number of methoxy groups -OCH3 is 1. The molecule has 0 bridgehead atoms. The number of aromatic amines is 1. The molecule has 2 aliphatic rings. The van der Waals surface area contributed by atoms with Crippen LogP contribution in [0.5, 0.6) is 5.75 Å². The van der Waals surface area contributed by atoms with Gasteiger partial charge >= 0.3 is 6.03 Å². The van der Waals surface area contributed by atoms with E-state index < -0.39 is 0 Å². The predicted octanol–water partition coefficient (Wildman–Crippen LogP) is 1.91. The lowest BCUT2D eigenvalue weighted by Crippen LogP contribution is -2.41. The van der Waals surface area contributed by atoms with Gasteiger partial charge in [0.2, 0.25) is 0 Å². The first kappa shape index (κ1) is 18.7. The van der Waals surface area contributed by atoms with E-state index in [1.165, 1.54) is 5.56 Å². The fraction of sp³-hybridized carbons (Fsp3) is 0.550. The molecule has 150 valence electrons. The SMILES string of the molecule is COc1ccc([C@H]2[C@@H]3CN(Cc4n[nH]c(C)n4)C[C@@H]3CN2C(=O)N(C)C)cc1. The molecular formula is C20H28N6O2. The van der Waals surface area contributed by atoms with E-state index in [1.54, 1.807) is 12.0 Å². The molecule has 2 aliphatic heterocycles. The lowest BCUT2D eigenvalue weighted by molar-refractivity contribution is 0.151. The molecule has 3 atom stereocenters. The number of H-pyrrole nitrogens is 1. The molecule has 1 aromatic carbocycles. The summed E-state index contributed by atoms with van der Waals surface area (Å²) in [7, 11) is 5.31. The smallest absolute Gasteiger partial charge is 0.320 e. The number of nitrogens with one attached hydrogen (secondary N) is 1. The van der Waals surface area contributed by atoms with Gasteiger partial charge in [0.15, 0.2) is 5.82 Å². The molecule has 0 saturated carbocycles. The van der Waals surface area contributed by atoms with Gasteiger partial charge in [0.05, 0.1) is 19.7 Å². The van der Waals surface area contributed by atoms with Crippen LogP contribution in [0.25, 0.3) is 0 Å². The van der Waals surface area contributed by atoms with Crippen molar-refractivity contribution in [3.63, 3.8) is 0 Å². The molecule has 1 aromatic heterocycles. The Morgan fingerprint density at radius 3 is 2.61 bits per heavy atom. The fourth-order valence-electron chi connectivity index (χ4n) is 4.61. The molecule has 0 unspecified atom stereocenters. The second-order valence-corrected chi connectivity index (χ2v) is 8.00. The molecule has 2 fully saturated rings. The molecule has 0 spiro atoms. The van der Waals surface area contributed by atoms with Gasteiger partial charge in [-0.3, -0.25) is 10.00 Å². The number of urea groups is 1. The number of carbonyl (C=O) groups is 1. The van der Waals surface area contributed by atoms with E-state index in [0.29, 0.717) is 11.8 Å². The van der Waals surface area contributed by atoms with Crippen molar-refractivity contribution in [1.29, 1.82) is 0 Å². The lowest BCUT2D eigenvalue weighted by Gasteiger charge is -2.31. The van der Waals surface area contributed by atoms with Crippen molar-refractivity contribution in [1.82, 2.24) is 29.9 Å². The number of benzene rings is 1. The van der Waals surface area contributed by atoms with E-state index in [-0.39, 0.29) is 12.1 Å². The van der Waals surface area contributed by atoms with Gasteiger partial charge in [-0.15, -0.1) is 0 Å². The number of carbonyl (C=O) groups excluding carboxylic acids is 1. The number of amides is 2. The average Bonchev–Trinajstić information content (AvgIpc) is 3.35. The Hall–Kier alpha value is -2.61. The van der Waals surface area contributed by atoms with Gasteiger partial charge in [0, 0.05) is 39.6 Å². The van der Waals surface area contributed by atoms with E-state index in [4.69, 9.17) is 4.74 Å². The van der Waals surface area contributed by atoms with Crippen LogP contribution in [0.15, 0.2) is 24.3 Å². The molecule has 0 aliphatic carbocycles. The van der Waals surface area contributed by atoms with Gasteiger partial charge in [-0.2, -0.15) is 5.10 Å². The Morgan fingerprint density at radius 2 is 2.00 bits per heavy atom. The fourth-order valence-corrected chi connectivity index (χ4v) is 4.61. The number of nitrogens with zero attached hydrogens (tertiary/aromatic N) is 5. The summed E-state index contributed by atoms with van der Waals surface area (Å²) in [4.78, 5) is 23.4. The Labute approximate surface area is 165 Å². The number of likely N-dealkylation sites (tertiary alicyclic amines) is 2. The standard InChI is InChI=1S/C20H28N6O2/c1-13-21-18(23-22-13)12-25-9-15-10-26(20(27)24(2)3)19(17(15)11-25)14-5-7-16(28-4)8-6-14/h5-8,15,17,19H,9-12H2,1-4H3,(H,21,22,23)/t15-,17-,19+/m1/s1. The summed E-state index contributed by atoms with van der Waals surface area (Å²) in [5.74, 6) is 3.36. The maximum absolute atomic E-state index is 12.8. The number of aryl methyl sites for hydroxylation is 1. The Kier molecular flexibility index (Phi) is 4.97. The molecule has 8 nitrogen and oxygen atoms in total. The van der Waals surface area contributed by atoms with Crippen LogP contribution < -0.4 is 4.74 Å². The Bertz CT molecular complexity index is 833. The minimum absolute atomic E-state index is 0.0738. The van der Waals surface area contributed by atoms with E-state index in [0.717, 1.165) is 43.6 Å². The first-order valence-corrected chi connectivity index (χ1v) is 9.68. The summed E-state index contributed by atoms with van der Waals surface area (Å²) in [6.45, 7) is 5.34. The number of hydrogen-bond acceptors (Lipinski definition) is 5. The summed E-state index contributed by atoms with van der Waals surface area (Å²) >= 11 is 0. The highest BCUT2D eigenvalue weighted by Gasteiger charge is 2.49. The second-order valence-electron chi connectivity index (χ2n) is 8.00. The monoisotopic (exact) mass is 384 g/mol. The van der Waals surface area contributed by atoms with Crippen molar-refractivity contribution in [2.75, 3.05) is 40.8 Å². The van der Waals surface area contributed by atoms with E-state index in [1.807, 2.05) is 38.1 Å². The van der Waals surface area contributed by atoms with E-state index in [9.17, 15) is 4.79 Å². The molecule has 1 N–H and O–H groups in total. The molecule has 2 amide bonds. The number of rotatable bonds is 4. The molecule has 2 aromatic rings. The topological polar surface area (TPSA) is 77.6 Å². The van der Waals surface area contributed by atoms with Crippen molar-refractivity contribution < 1.29 is 9.53 Å². The van der Waals surface area contributed by atoms with Crippen LogP contribution in [-0.2, 0) is 6.54 Å². The van der Waals surface area contributed by atoms with Gasteiger partial charge in [-0.1, -0.05) is 12.1 Å². The van der Waals surface area contributed by atoms with Crippen molar-refractivity contribution in [3.05, 3.63) is 41.5 Å². The van der Waals surface area contributed by atoms with Gasteiger partial charge < -0.3 is 14.5 Å². The second kappa shape index (κ2) is 7.43. The van der Waals surface area contributed by atoms with Crippen molar-refractivity contribution in [2.45, 2.75) is 19.5 Å². The van der Waals surface area contributed by atoms with Crippen LogP contribution in [-0.4, -0.2) is 76.8 Å². The van der Waals surface area contributed by atoms with Crippen LogP contribution in [0.3, 0.4) is 0 Å². The molecule has 2 saturated heterocycles. The van der Waals surface area contributed by atoms with Gasteiger partial charge in [-0.05, 0) is 30.5 Å². The minimum atomic E-state index is 0.0738. The highest BCUT2D eigenvalue weighted by Crippen LogP contribution is 2.45. The molecule has 4 rings (SSSR count). The zero-order valence-corrected chi connectivity index (χ0v) is 16.9. The normalized spacial score (nSPS) is 24.4. The Balaban J connectivity index is 1.56. The Morgan fingerprint density at radius 1 is 1.25 bits per heavy atom. The summed E-state index contributed by atoms with van der Waals surface area (Å²) in [6.07, 6.45) is 0. The summed E-state index contributed by atoms with van der Waals surface area (Å²) in [5, 5.41) is 7.19. The molecular weight excluding hydrogens is 356 g/mol. The van der Waals surface area contributed by atoms with Crippen LogP contribution in [0.4, 0.5) is 4.79 Å². The summed E-state index contributed by atoms with van der Waals surface area (Å²) in [5.41, 5.74) is 1.17. The number of ether oxygens (including phenoxy) is 1. The number of aromatic nitrogens is 3. The third-order valence-corrected chi connectivity index (χ3v) is 5.83. The minimum Gasteiger partial charge on any atom is -0.497 e. The van der Waals surface area contributed by atoms with Gasteiger partial charge in [0.1, 0.15) is 11.6 Å². The van der Waals surface area contributed by atoms with Crippen LogP contribution in [0, 0.1) is 18.8 Å². The van der Waals surface area contributed by atoms with Crippen molar-refractivity contribution in [2.24, 2.45) is 11.8 Å². The van der Waals surface area contributed by atoms with E-state index in [2.05, 4.69) is 32.2 Å². The quantitative estimate of drug-likeness (QED) is 0.871.